The van der Waals surface area contributed by atoms with E-state index in [1.54, 1.807) is 0 Å². The summed E-state index contributed by atoms with van der Waals surface area (Å²) < 4.78 is 8.05. The lowest BCUT2D eigenvalue weighted by atomic mass is 9.97. The van der Waals surface area contributed by atoms with Gasteiger partial charge in [-0.2, -0.15) is 0 Å². The highest BCUT2D eigenvalue weighted by atomic mass is 16.3. The minimum Gasteiger partial charge on any atom is -0.496 e. The largest absolute Gasteiger partial charge is 0.496 e. The Hall–Kier alpha value is -14.5. The first kappa shape index (κ1) is 66.4. The molecule has 10 aliphatic rings. The molecule has 0 amide bonds. The molecule has 4 N–H and O–H groups in total. The number of hydrogen-bond acceptors (Lipinski definition) is 10. The van der Waals surface area contributed by atoms with Crippen LogP contribution < -0.4 is 18.3 Å². The Bertz CT molecular complexity index is 6170. The molecule has 10 aliphatic heterocycles. The van der Waals surface area contributed by atoms with Crippen LogP contribution in [0.2, 0.25) is 0 Å². The lowest BCUT2D eigenvalue weighted by Gasteiger charge is -2.16. The van der Waals surface area contributed by atoms with E-state index >= 15 is 0 Å². The van der Waals surface area contributed by atoms with Crippen LogP contribution in [0.25, 0.3) is 44.6 Å². The van der Waals surface area contributed by atoms with Gasteiger partial charge in [0, 0.05) is 166 Å². The number of allylic oxidation sites excluding steroid dienone is 24. The fourth-order valence-electron chi connectivity index (χ4n) is 14.7. The number of aliphatic hydroxyl groups excluding tert-OH is 2. The lowest BCUT2D eigenvalue weighted by molar-refractivity contribution is -0.671. The number of fused-ring (bicyclic) bond motifs is 10. The van der Waals surface area contributed by atoms with Crippen molar-refractivity contribution in [2.24, 2.45) is 68.1 Å². The minimum atomic E-state index is -0.424. The summed E-state index contributed by atoms with van der Waals surface area (Å²) >= 11 is 0. The van der Waals surface area contributed by atoms with Crippen molar-refractivity contribution in [1.29, 1.82) is 0 Å². The fraction of sp³-hybridized carbons (Fsp3) is 0.0769. The van der Waals surface area contributed by atoms with Gasteiger partial charge in [-0.3, -0.25) is 0 Å². The topological polar surface area (TPSA) is 193 Å². The number of H-pyrrole nitrogens is 2. The van der Waals surface area contributed by atoms with Gasteiger partial charge in [-0.1, -0.05) is 36.4 Å². The minimum absolute atomic E-state index is 0.384. The lowest BCUT2D eigenvalue weighted by Crippen LogP contribution is -2.26. The number of rotatable bonds is 10. The number of aryl methyl sites for hydroxylation is 4. The van der Waals surface area contributed by atoms with E-state index in [0.29, 0.717) is 67.9 Å². The zero-order valence-electron chi connectivity index (χ0n) is 60.6. The second-order valence-electron chi connectivity index (χ2n) is 27.6. The van der Waals surface area contributed by atoms with Crippen LogP contribution in [0.1, 0.15) is 62.6 Å². The number of benzene rings is 2. The summed E-state index contributed by atoms with van der Waals surface area (Å²) in [5.41, 5.74) is 26.4. The van der Waals surface area contributed by atoms with Crippen molar-refractivity contribution in [3.63, 3.8) is 0 Å². The summed E-state index contributed by atoms with van der Waals surface area (Å²) in [6, 6.07) is 40.4. The number of hydrogen-bond donors (Lipinski definition) is 4. The van der Waals surface area contributed by atoms with Crippen molar-refractivity contribution in [3.8, 4) is 0 Å². The summed E-state index contributed by atoms with van der Waals surface area (Å²) in [7, 11) is 12.0. The highest BCUT2D eigenvalue weighted by molar-refractivity contribution is 6.40. The van der Waals surface area contributed by atoms with Crippen LogP contribution in [0.3, 0.4) is 0 Å². The molecular weight excluding hydrogens is 1350 g/mol. The van der Waals surface area contributed by atoms with Crippen LogP contribution in [0, 0.1) is 0 Å². The Balaban J connectivity index is 0.762. The van der Waals surface area contributed by atoms with E-state index in [0.717, 1.165) is 124 Å². The van der Waals surface area contributed by atoms with Gasteiger partial charge in [-0.05, 0) is 167 Å². The van der Waals surface area contributed by atoms with E-state index < -0.39 is 6.42 Å². The first-order chi connectivity index (χ1) is 53.2. The molecule has 0 saturated carbocycles. The number of aromatic amines is 2. The normalized spacial score (nSPS) is 17.9. The Morgan fingerprint density at radius 1 is 0.312 bits per heavy atom. The zero-order chi connectivity index (χ0) is 74.0. The van der Waals surface area contributed by atoms with Crippen LogP contribution in [-0.4, -0.2) is 90.1 Å². The maximum Gasteiger partial charge on any atom is 0.195 e. The van der Waals surface area contributed by atoms with E-state index in [1.165, 1.54) is 0 Å². The van der Waals surface area contributed by atoms with Crippen LogP contribution in [0.4, 0.5) is 11.4 Å². The number of aliphatic imine (C=N–C) groups is 8. The molecule has 16 heterocycles. The summed E-state index contributed by atoms with van der Waals surface area (Å²) in [5.74, 6) is -0.767. The number of aromatic nitrogens is 6. The molecule has 0 atom stereocenters. The van der Waals surface area contributed by atoms with Crippen molar-refractivity contribution in [2.75, 3.05) is 14.1 Å². The van der Waals surface area contributed by atoms with Gasteiger partial charge in [0.1, 0.15) is 28.2 Å². The maximum absolute atomic E-state index is 12.3. The Labute approximate surface area is 629 Å². The standard InChI is InChI=1S/C91H70N16O2/c1-102-43-31-56(32-44-102)84-66-15-19-70(92-66)86(58-35-47-104(3)48-36-58)74-23-27-78(96-74)90(79-28-24-75(97-79)87(71-20-16-67(84)93-71)59-37-49-105(4)50-38-59)62-11-7-9-13-64(62)100-82(108)55-83(109)101-65-14-10-8-12-63(65)91-80-29-25-76(98-80)88(60-39-51-106(5)52-40-60)72-21-17-68(94-72)85(57-33-45-103(2)46-34-57)69-18-22-73(95-69)89(77-26-30-81(91)99-77)61-41-53-107(6)54-42-61/h7-54H,55H2,1-6H3,(H2-2,92,93,94,95,96,97,98,99,100,101,108,109)/q+2/p+2. The smallest absolute Gasteiger partial charge is 0.195 e. The predicted molar refractivity (Wildman–Crippen MR) is 434 cm³/mol. The quantitative estimate of drug-likeness (QED) is 0.0602. The average molecular weight is 1420 g/mol. The molecule has 0 aliphatic carbocycles. The third kappa shape index (κ3) is 12.8. The second kappa shape index (κ2) is 27.5. The molecular formula is C91H72N16O2+4. The second-order valence-corrected chi connectivity index (χ2v) is 27.6. The molecule has 0 radical (unpaired) electrons. The van der Waals surface area contributed by atoms with Gasteiger partial charge in [0.15, 0.2) is 61.4 Å². The van der Waals surface area contributed by atoms with E-state index in [2.05, 4.69) is 156 Å². The Morgan fingerprint density at radius 2 is 0.569 bits per heavy atom. The summed E-state index contributed by atoms with van der Waals surface area (Å²) in [4.78, 5) is 54.7. The summed E-state index contributed by atoms with van der Waals surface area (Å²) in [5, 5.41) is 24.6. The molecule has 0 spiro atoms. The van der Waals surface area contributed by atoms with Gasteiger partial charge in [-0.15, -0.1) is 0 Å². The molecule has 6 aromatic heterocycles. The van der Waals surface area contributed by atoms with Crippen LogP contribution in [0.15, 0.2) is 378 Å². The van der Waals surface area contributed by atoms with Crippen molar-refractivity contribution < 1.29 is 28.5 Å². The van der Waals surface area contributed by atoms with Crippen molar-refractivity contribution >= 4 is 102 Å². The molecule has 0 fully saturated rings. The van der Waals surface area contributed by atoms with Gasteiger partial charge in [-0.25, -0.2) is 58.2 Å². The van der Waals surface area contributed by atoms with Crippen LogP contribution in [-0.2, 0) is 28.2 Å². The molecule has 18 rings (SSSR count). The Morgan fingerprint density at radius 3 is 0.890 bits per heavy atom. The SMILES string of the molecule is CN1C=CC(=C2C3=NC(=C(c4ccccc4N=C(O)CC(O)=Nc4ccccc4C4=C5C=CC(=N5)C(c5cc[n+](C)cc5)=C5C=CC(=N5)C(=C5C=CN(C)C=C5)c5ccc([nH]5)C(c5cc[n+](C)cc5)=C5C=CC4=N5)C4=NC(=C(c5cc[n+](C)cc5)C5=NC(=C(c6cc[n+](C)cc6)c6ccc2[nH]6)C=C5)C=C4)C=C3)C=C1. The molecule has 0 unspecified atom stereocenters. The van der Waals surface area contributed by atoms with Crippen molar-refractivity contribution in [1.82, 2.24) is 19.8 Å². The molecule has 0 saturated heterocycles. The van der Waals surface area contributed by atoms with E-state index in [9.17, 15) is 10.2 Å². The number of nitrogens with one attached hydrogen (secondary N) is 2. The first-order valence-corrected chi connectivity index (χ1v) is 35.9. The van der Waals surface area contributed by atoms with Gasteiger partial charge in [0.05, 0.1) is 86.2 Å². The molecule has 2 aromatic carbocycles. The van der Waals surface area contributed by atoms with Gasteiger partial charge in [0.2, 0.25) is 0 Å². The van der Waals surface area contributed by atoms with E-state index in [1.807, 2.05) is 217 Å². The third-order valence-corrected chi connectivity index (χ3v) is 20.1. The molecule has 524 valence electrons. The molecule has 8 aromatic rings. The zero-order valence-corrected chi connectivity index (χ0v) is 60.6. The molecule has 18 nitrogen and oxygen atoms in total. The predicted octanol–water partition coefficient (Wildman–Crippen LogP) is 14.6. The maximum atomic E-state index is 12.3. The van der Waals surface area contributed by atoms with Gasteiger partial charge < -0.3 is 30.0 Å². The highest BCUT2D eigenvalue weighted by Gasteiger charge is 2.32. The van der Waals surface area contributed by atoms with Crippen molar-refractivity contribution in [3.05, 3.63) is 394 Å². The van der Waals surface area contributed by atoms with Crippen LogP contribution in [0.5, 0.6) is 0 Å². The molecule has 109 heavy (non-hydrogen) atoms. The first-order valence-electron chi connectivity index (χ1n) is 35.9. The number of para-hydroxylation sites is 2. The van der Waals surface area contributed by atoms with Crippen molar-refractivity contribution in [2.45, 2.75) is 6.42 Å². The highest BCUT2D eigenvalue weighted by Crippen LogP contribution is 2.44. The van der Waals surface area contributed by atoms with E-state index in [-0.39, 0.29) is 11.8 Å². The average Bonchev–Trinajstić information content (AvgIpc) is 1.63. The van der Waals surface area contributed by atoms with Gasteiger partial charge in [0.25, 0.3) is 0 Å². The monoisotopic (exact) mass is 1420 g/mol. The summed E-state index contributed by atoms with van der Waals surface area (Å²) in [6.07, 6.45) is 57.0. The molecule has 16 bridgehead atoms. The Kier molecular flexibility index (Phi) is 16.8. The van der Waals surface area contributed by atoms with E-state index in [4.69, 9.17) is 39.9 Å². The van der Waals surface area contributed by atoms with Gasteiger partial charge >= 0.3 is 0 Å². The number of pyridine rings is 4. The van der Waals surface area contributed by atoms with Crippen LogP contribution >= 0.6 is 0 Å². The third-order valence-electron chi connectivity index (χ3n) is 20.1. The molecule has 18 heteroatoms. The summed E-state index contributed by atoms with van der Waals surface area (Å²) in [6.45, 7) is 0. The number of nitrogens with zero attached hydrogens (tertiary/aromatic N) is 14. The number of aliphatic hydroxyl groups is 2. The fourth-order valence-corrected chi connectivity index (χ4v) is 14.7.